The number of benzene rings is 1. The second-order valence-corrected chi connectivity index (χ2v) is 5.18. The van der Waals surface area contributed by atoms with Gasteiger partial charge in [-0.2, -0.15) is 0 Å². The highest BCUT2D eigenvalue weighted by molar-refractivity contribution is 6.35. The van der Waals surface area contributed by atoms with E-state index in [4.69, 9.17) is 27.9 Å². The summed E-state index contributed by atoms with van der Waals surface area (Å²) in [6.45, 7) is 1.52. The third-order valence-corrected chi connectivity index (χ3v) is 3.47. The van der Waals surface area contributed by atoms with Crippen LogP contribution in [0.3, 0.4) is 0 Å². The average molecular weight is 311 g/mol. The standard InChI is InChI=1S/C15H16Cl2N2O/c1-20-15-4-2-3-13(19-15)10-18-8-7-11-5-6-12(16)9-14(11)17/h2-6,9,18H,7-8,10H2,1H3. The maximum absolute atomic E-state index is 6.12. The zero-order valence-electron chi connectivity index (χ0n) is 11.2. The van der Waals surface area contributed by atoms with Crippen LogP contribution in [0.15, 0.2) is 36.4 Å². The Hall–Kier alpha value is -1.29. The minimum atomic E-state index is 0.630. The molecule has 3 nitrogen and oxygen atoms in total. The lowest BCUT2D eigenvalue weighted by Gasteiger charge is -2.07. The number of nitrogens with zero attached hydrogens (tertiary/aromatic N) is 1. The molecule has 20 heavy (non-hydrogen) atoms. The highest BCUT2D eigenvalue weighted by Gasteiger charge is 2.02. The van der Waals surface area contributed by atoms with Crippen molar-refractivity contribution in [2.75, 3.05) is 13.7 Å². The highest BCUT2D eigenvalue weighted by atomic mass is 35.5. The Labute approximate surface area is 128 Å². The Morgan fingerprint density at radius 2 is 2.05 bits per heavy atom. The Morgan fingerprint density at radius 3 is 2.80 bits per heavy atom. The fraction of sp³-hybridized carbons (Fsp3) is 0.267. The van der Waals surface area contributed by atoms with Crippen molar-refractivity contribution in [2.45, 2.75) is 13.0 Å². The van der Waals surface area contributed by atoms with Gasteiger partial charge in [-0.25, -0.2) is 4.98 Å². The monoisotopic (exact) mass is 310 g/mol. The van der Waals surface area contributed by atoms with Crippen LogP contribution < -0.4 is 10.1 Å². The molecule has 2 rings (SSSR count). The van der Waals surface area contributed by atoms with Gasteiger partial charge in [0, 0.05) is 22.7 Å². The fourth-order valence-electron chi connectivity index (χ4n) is 1.83. The van der Waals surface area contributed by atoms with Crippen molar-refractivity contribution in [1.82, 2.24) is 10.3 Å². The molecule has 0 aliphatic carbocycles. The number of halogens is 2. The number of aromatic nitrogens is 1. The van der Waals surface area contributed by atoms with Crippen molar-refractivity contribution in [3.63, 3.8) is 0 Å². The zero-order chi connectivity index (χ0) is 14.4. The molecule has 1 aromatic heterocycles. The fourth-order valence-corrected chi connectivity index (χ4v) is 2.34. The van der Waals surface area contributed by atoms with E-state index in [1.54, 1.807) is 13.2 Å². The smallest absolute Gasteiger partial charge is 0.213 e. The van der Waals surface area contributed by atoms with E-state index >= 15 is 0 Å². The van der Waals surface area contributed by atoms with E-state index < -0.39 is 0 Å². The Bertz CT molecular complexity index is 576. The van der Waals surface area contributed by atoms with Crippen molar-refractivity contribution in [3.8, 4) is 5.88 Å². The second-order valence-electron chi connectivity index (χ2n) is 4.33. The van der Waals surface area contributed by atoms with Gasteiger partial charge in [0.2, 0.25) is 5.88 Å². The van der Waals surface area contributed by atoms with Crippen molar-refractivity contribution in [3.05, 3.63) is 57.7 Å². The van der Waals surface area contributed by atoms with Gasteiger partial charge in [-0.15, -0.1) is 0 Å². The molecule has 2 aromatic rings. The van der Waals surface area contributed by atoms with Crippen molar-refractivity contribution >= 4 is 23.2 Å². The molecule has 0 radical (unpaired) electrons. The van der Waals surface area contributed by atoms with Gasteiger partial charge in [0.1, 0.15) is 0 Å². The Morgan fingerprint density at radius 1 is 1.20 bits per heavy atom. The molecule has 5 heteroatoms. The topological polar surface area (TPSA) is 34.1 Å². The third kappa shape index (κ3) is 4.37. The van der Waals surface area contributed by atoms with Crippen molar-refractivity contribution < 1.29 is 4.74 Å². The molecular weight excluding hydrogens is 295 g/mol. The van der Waals surface area contributed by atoms with Gasteiger partial charge in [-0.1, -0.05) is 35.3 Å². The summed E-state index contributed by atoms with van der Waals surface area (Å²) >= 11 is 12.0. The van der Waals surface area contributed by atoms with Gasteiger partial charge in [-0.3, -0.25) is 0 Å². The minimum absolute atomic E-state index is 0.630. The number of methoxy groups -OCH3 is 1. The quantitative estimate of drug-likeness (QED) is 0.826. The van der Waals surface area contributed by atoms with E-state index in [0.717, 1.165) is 24.2 Å². The molecule has 0 aliphatic heterocycles. The molecule has 106 valence electrons. The first-order valence-electron chi connectivity index (χ1n) is 6.33. The van der Waals surface area contributed by atoms with Crippen molar-refractivity contribution in [1.29, 1.82) is 0 Å². The van der Waals surface area contributed by atoms with Crippen LogP contribution >= 0.6 is 23.2 Å². The Kier molecular flexibility index (Phi) is 5.65. The zero-order valence-corrected chi connectivity index (χ0v) is 12.7. The number of pyridine rings is 1. The molecule has 0 atom stereocenters. The first kappa shape index (κ1) is 15.1. The van der Waals surface area contributed by atoms with E-state index in [1.807, 2.05) is 30.3 Å². The largest absolute Gasteiger partial charge is 0.481 e. The molecule has 0 spiro atoms. The molecular formula is C15H16Cl2N2O. The molecule has 0 aliphatic rings. The normalized spacial score (nSPS) is 10.6. The lowest BCUT2D eigenvalue weighted by Crippen LogP contribution is -2.17. The molecule has 0 bridgehead atoms. The van der Waals surface area contributed by atoms with Gasteiger partial charge < -0.3 is 10.1 Å². The van der Waals surface area contributed by atoms with Crippen LogP contribution in [0.25, 0.3) is 0 Å². The summed E-state index contributed by atoms with van der Waals surface area (Å²) in [6.07, 6.45) is 0.847. The predicted molar refractivity (Wildman–Crippen MR) is 82.7 cm³/mol. The van der Waals surface area contributed by atoms with Crippen LogP contribution in [0.4, 0.5) is 0 Å². The number of nitrogens with one attached hydrogen (secondary N) is 1. The molecule has 0 saturated heterocycles. The van der Waals surface area contributed by atoms with Crippen LogP contribution in [-0.4, -0.2) is 18.6 Å². The van der Waals surface area contributed by atoms with Gasteiger partial charge in [0.15, 0.2) is 0 Å². The van der Waals surface area contributed by atoms with Gasteiger partial charge in [0.25, 0.3) is 0 Å². The van der Waals surface area contributed by atoms with Crippen LogP contribution in [0, 0.1) is 0 Å². The summed E-state index contributed by atoms with van der Waals surface area (Å²) in [5.74, 6) is 0.630. The molecule has 0 amide bonds. The lowest BCUT2D eigenvalue weighted by atomic mass is 10.1. The molecule has 1 N–H and O–H groups in total. The van der Waals surface area contributed by atoms with Crippen LogP contribution in [0.5, 0.6) is 5.88 Å². The SMILES string of the molecule is COc1cccc(CNCCc2ccc(Cl)cc2Cl)n1. The van der Waals surface area contributed by atoms with Crippen LogP contribution in [0.2, 0.25) is 10.0 Å². The summed E-state index contributed by atoms with van der Waals surface area (Å²) in [4.78, 5) is 4.34. The summed E-state index contributed by atoms with van der Waals surface area (Å²) in [6, 6.07) is 11.3. The van der Waals surface area contributed by atoms with E-state index in [-0.39, 0.29) is 0 Å². The first-order valence-corrected chi connectivity index (χ1v) is 7.09. The van der Waals surface area contributed by atoms with Crippen LogP contribution in [0.1, 0.15) is 11.3 Å². The van der Waals surface area contributed by atoms with Gasteiger partial charge in [0.05, 0.1) is 12.8 Å². The predicted octanol–water partition coefficient (Wildman–Crippen LogP) is 3.73. The van der Waals surface area contributed by atoms with Crippen LogP contribution in [-0.2, 0) is 13.0 Å². The average Bonchev–Trinajstić information content (AvgIpc) is 2.45. The first-order chi connectivity index (χ1) is 9.69. The number of hydrogen-bond acceptors (Lipinski definition) is 3. The minimum Gasteiger partial charge on any atom is -0.481 e. The van der Waals surface area contributed by atoms with E-state index in [0.29, 0.717) is 22.5 Å². The molecule has 0 saturated carbocycles. The van der Waals surface area contributed by atoms with Crippen molar-refractivity contribution in [2.24, 2.45) is 0 Å². The molecule has 0 fully saturated rings. The number of ether oxygens (including phenoxy) is 1. The van der Waals surface area contributed by atoms with E-state index in [1.165, 1.54) is 0 Å². The van der Waals surface area contributed by atoms with E-state index in [9.17, 15) is 0 Å². The molecule has 1 heterocycles. The number of hydrogen-bond donors (Lipinski definition) is 1. The summed E-state index contributed by atoms with van der Waals surface area (Å²) in [5.41, 5.74) is 2.04. The van der Waals surface area contributed by atoms with Gasteiger partial charge in [-0.05, 0) is 36.7 Å². The highest BCUT2D eigenvalue weighted by Crippen LogP contribution is 2.21. The summed E-state index contributed by atoms with van der Waals surface area (Å²) in [7, 11) is 1.61. The summed E-state index contributed by atoms with van der Waals surface area (Å²) < 4.78 is 5.09. The molecule has 1 aromatic carbocycles. The number of rotatable bonds is 6. The Balaban J connectivity index is 1.81. The van der Waals surface area contributed by atoms with Gasteiger partial charge >= 0.3 is 0 Å². The second kappa shape index (κ2) is 7.48. The third-order valence-electron chi connectivity index (χ3n) is 2.88. The maximum atomic E-state index is 6.12. The lowest BCUT2D eigenvalue weighted by molar-refractivity contribution is 0.395. The summed E-state index contributed by atoms with van der Waals surface area (Å²) in [5, 5.41) is 4.70. The molecule has 0 unspecified atom stereocenters. The van der Waals surface area contributed by atoms with E-state index in [2.05, 4.69) is 10.3 Å². The maximum Gasteiger partial charge on any atom is 0.213 e.